The van der Waals surface area contributed by atoms with Gasteiger partial charge in [0.1, 0.15) is 6.04 Å². The zero-order valence-electron chi connectivity index (χ0n) is 12.8. The average Bonchev–Trinajstić information content (AvgIpc) is 2.44. The maximum atomic E-state index is 11.7. The number of carboxylic acid groups (broad SMARTS) is 1. The second-order valence-corrected chi connectivity index (χ2v) is 4.78. The fourth-order valence-electron chi connectivity index (χ4n) is 2.32. The van der Waals surface area contributed by atoms with Crippen molar-refractivity contribution in [1.29, 1.82) is 0 Å². The molecule has 0 aliphatic heterocycles. The van der Waals surface area contributed by atoms with E-state index in [1.807, 2.05) is 38.1 Å². The minimum absolute atomic E-state index is 0.192. The number of likely N-dealkylation sites (N-methyl/N-ethyl adjacent to an activating group) is 1. The Balaban J connectivity index is 2.89. The smallest absolute Gasteiger partial charge is 0.325 e. The summed E-state index contributed by atoms with van der Waals surface area (Å²) in [5, 5.41) is 9.56. The molecule has 0 aliphatic carbocycles. The van der Waals surface area contributed by atoms with E-state index >= 15 is 0 Å². The Morgan fingerprint density at radius 3 is 2.48 bits per heavy atom. The van der Waals surface area contributed by atoms with E-state index in [-0.39, 0.29) is 12.4 Å². The Labute approximate surface area is 125 Å². The zero-order valence-corrected chi connectivity index (χ0v) is 12.8. The molecule has 0 bridgehead atoms. The third-order valence-electron chi connectivity index (χ3n) is 3.40. The molecule has 0 aliphatic rings. The third-order valence-corrected chi connectivity index (χ3v) is 3.40. The van der Waals surface area contributed by atoms with Crippen molar-refractivity contribution in [1.82, 2.24) is 4.90 Å². The summed E-state index contributed by atoms with van der Waals surface area (Å²) in [6, 6.07) is 6.68. The van der Waals surface area contributed by atoms with Crippen LogP contribution in [0.25, 0.3) is 0 Å². The van der Waals surface area contributed by atoms with Crippen LogP contribution in [-0.2, 0) is 14.3 Å². The summed E-state index contributed by atoms with van der Waals surface area (Å²) in [4.78, 5) is 24.9. The highest BCUT2D eigenvalue weighted by molar-refractivity contribution is 5.76. The van der Waals surface area contributed by atoms with E-state index in [4.69, 9.17) is 4.74 Å². The van der Waals surface area contributed by atoms with E-state index in [1.165, 1.54) is 0 Å². The van der Waals surface area contributed by atoms with Crippen molar-refractivity contribution in [2.75, 3.05) is 19.7 Å². The average molecular weight is 293 g/mol. The van der Waals surface area contributed by atoms with E-state index in [2.05, 4.69) is 0 Å². The lowest BCUT2D eigenvalue weighted by Gasteiger charge is -2.28. The van der Waals surface area contributed by atoms with Gasteiger partial charge in [-0.1, -0.05) is 31.2 Å². The van der Waals surface area contributed by atoms with Gasteiger partial charge in [-0.05, 0) is 31.5 Å². The van der Waals surface area contributed by atoms with Gasteiger partial charge < -0.3 is 9.84 Å². The third kappa shape index (κ3) is 4.86. The van der Waals surface area contributed by atoms with Crippen LogP contribution in [0.15, 0.2) is 24.3 Å². The summed E-state index contributed by atoms with van der Waals surface area (Å²) >= 11 is 0. The molecule has 1 aromatic carbocycles. The van der Waals surface area contributed by atoms with Gasteiger partial charge in [-0.3, -0.25) is 14.5 Å². The van der Waals surface area contributed by atoms with Crippen LogP contribution in [0.2, 0.25) is 0 Å². The Bertz CT molecular complexity index is 487. The van der Waals surface area contributed by atoms with Crippen molar-refractivity contribution in [3.63, 3.8) is 0 Å². The summed E-state index contributed by atoms with van der Waals surface area (Å²) in [6.45, 7) is 6.78. The molecule has 1 rings (SSSR count). The number of aliphatic carboxylic acids is 1. The van der Waals surface area contributed by atoms with E-state index < -0.39 is 12.0 Å². The number of carbonyl (C=O) groups is 2. The Morgan fingerprint density at radius 1 is 1.29 bits per heavy atom. The van der Waals surface area contributed by atoms with Gasteiger partial charge in [0.25, 0.3) is 0 Å². The van der Waals surface area contributed by atoms with E-state index in [0.29, 0.717) is 19.7 Å². The molecule has 1 N–H and O–H groups in total. The Morgan fingerprint density at radius 2 is 1.95 bits per heavy atom. The lowest BCUT2D eigenvalue weighted by Crippen LogP contribution is -2.36. The maximum absolute atomic E-state index is 11.7. The fraction of sp³-hybridized carbons (Fsp3) is 0.500. The van der Waals surface area contributed by atoms with Gasteiger partial charge in [0.2, 0.25) is 0 Å². The van der Waals surface area contributed by atoms with Gasteiger partial charge in [-0.25, -0.2) is 0 Å². The molecule has 0 amide bonds. The lowest BCUT2D eigenvalue weighted by atomic mass is 10.00. The quantitative estimate of drug-likeness (QED) is 0.745. The van der Waals surface area contributed by atoms with E-state index in [0.717, 1.165) is 11.1 Å². The molecule has 21 heavy (non-hydrogen) atoms. The Kier molecular flexibility index (Phi) is 6.88. The largest absolute Gasteiger partial charge is 0.480 e. The van der Waals surface area contributed by atoms with Gasteiger partial charge in [0.15, 0.2) is 0 Å². The lowest BCUT2D eigenvalue weighted by molar-refractivity contribution is -0.147. The molecule has 116 valence electrons. The van der Waals surface area contributed by atoms with Crippen LogP contribution in [-0.4, -0.2) is 41.6 Å². The van der Waals surface area contributed by atoms with Gasteiger partial charge in [0, 0.05) is 6.54 Å². The maximum Gasteiger partial charge on any atom is 0.325 e. The first-order valence-corrected chi connectivity index (χ1v) is 7.19. The monoisotopic (exact) mass is 293 g/mol. The number of nitrogens with zero attached hydrogens (tertiary/aromatic N) is 1. The molecule has 5 nitrogen and oxygen atoms in total. The van der Waals surface area contributed by atoms with Crippen molar-refractivity contribution in [3.05, 3.63) is 35.4 Å². The van der Waals surface area contributed by atoms with Crippen LogP contribution in [0.5, 0.6) is 0 Å². The number of ether oxygens (including phenoxy) is 1. The van der Waals surface area contributed by atoms with Gasteiger partial charge in [0.05, 0.1) is 13.0 Å². The van der Waals surface area contributed by atoms with Crippen molar-refractivity contribution < 1.29 is 19.4 Å². The van der Waals surface area contributed by atoms with Crippen LogP contribution in [0.1, 0.15) is 37.4 Å². The highest BCUT2D eigenvalue weighted by Gasteiger charge is 2.27. The molecule has 0 radical (unpaired) electrons. The first-order valence-electron chi connectivity index (χ1n) is 7.19. The summed E-state index contributed by atoms with van der Waals surface area (Å²) in [5.74, 6) is -1.21. The van der Waals surface area contributed by atoms with Crippen molar-refractivity contribution in [3.8, 4) is 0 Å². The molecular weight excluding hydrogens is 270 g/mol. The minimum Gasteiger partial charge on any atom is -0.480 e. The zero-order chi connectivity index (χ0) is 15.8. The molecule has 1 unspecified atom stereocenters. The van der Waals surface area contributed by atoms with E-state index in [9.17, 15) is 14.7 Å². The number of benzene rings is 1. The number of esters is 1. The summed E-state index contributed by atoms with van der Waals surface area (Å²) < 4.78 is 4.89. The van der Waals surface area contributed by atoms with Crippen LogP contribution in [0, 0.1) is 6.92 Å². The Hall–Kier alpha value is -1.88. The normalized spacial score (nSPS) is 12.2. The SMILES string of the molecule is CCOC(=O)CCN(CC)C(C(=O)O)c1ccccc1C. The molecule has 1 aromatic rings. The molecule has 5 heteroatoms. The second kappa shape index (κ2) is 8.42. The summed E-state index contributed by atoms with van der Waals surface area (Å²) in [6.07, 6.45) is 0.192. The number of rotatable bonds is 8. The van der Waals surface area contributed by atoms with Crippen LogP contribution in [0.4, 0.5) is 0 Å². The molecule has 0 heterocycles. The topological polar surface area (TPSA) is 66.8 Å². The number of hydrogen-bond acceptors (Lipinski definition) is 4. The van der Waals surface area contributed by atoms with Crippen LogP contribution < -0.4 is 0 Å². The minimum atomic E-state index is -0.907. The van der Waals surface area contributed by atoms with Gasteiger partial charge >= 0.3 is 11.9 Å². The molecular formula is C16H23NO4. The van der Waals surface area contributed by atoms with E-state index in [1.54, 1.807) is 11.8 Å². The highest BCUT2D eigenvalue weighted by Crippen LogP contribution is 2.24. The predicted molar refractivity (Wildman–Crippen MR) is 80.1 cm³/mol. The highest BCUT2D eigenvalue weighted by atomic mass is 16.5. The molecule has 0 saturated carbocycles. The number of aryl methyl sites for hydroxylation is 1. The molecule has 0 spiro atoms. The van der Waals surface area contributed by atoms with Gasteiger partial charge in [-0.2, -0.15) is 0 Å². The van der Waals surface area contributed by atoms with Crippen LogP contribution in [0.3, 0.4) is 0 Å². The number of carboxylic acids is 1. The first kappa shape index (κ1) is 17.2. The predicted octanol–water partition coefficient (Wildman–Crippen LogP) is 2.40. The van der Waals surface area contributed by atoms with Crippen molar-refractivity contribution in [2.45, 2.75) is 33.2 Å². The van der Waals surface area contributed by atoms with Gasteiger partial charge in [-0.15, -0.1) is 0 Å². The second-order valence-electron chi connectivity index (χ2n) is 4.78. The summed E-state index contributed by atoms with van der Waals surface area (Å²) in [7, 11) is 0. The molecule has 0 fully saturated rings. The molecule has 1 atom stereocenters. The van der Waals surface area contributed by atoms with Crippen LogP contribution >= 0.6 is 0 Å². The van der Waals surface area contributed by atoms with Crippen molar-refractivity contribution in [2.24, 2.45) is 0 Å². The standard InChI is InChI=1S/C16H23NO4/c1-4-17(11-10-14(18)21-5-2)15(16(19)20)13-9-7-6-8-12(13)3/h6-9,15H,4-5,10-11H2,1-3H3,(H,19,20). The molecule has 0 aromatic heterocycles. The number of carbonyl (C=O) groups excluding carboxylic acids is 1. The van der Waals surface area contributed by atoms with Crippen molar-refractivity contribution >= 4 is 11.9 Å². The molecule has 0 saturated heterocycles. The first-order chi connectivity index (χ1) is 10.0. The fourth-order valence-corrected chi connectivity index (χ4v) is 2.32. The summed E-state index contributed by atoms with van der Waals surface area (Å²) in [5.41, 5.74) is 1.69. The number of hydrogen-bond donors (Lipinski definition) is 1.